The van der Waals surface area contributed by atoms with Gasteiger partial charge in [-0.05, 0) is 31.6 Å². The molecule has 1 saturated carbocycles. The van der Waals surface area contributed by atoms with Crippen LogP contribution in [-0.2, 0) is 4.74 Å². The van der Waals surface area contributed by atoms with Crippen LogP contribution < -0.4 is 5.32 Å². The maximum atomic E-state index is 5.88. The molecule has 1 N–H and O–H groups in total. The normalized spacial score (nSPS) is 28.8. The van der Waals surface area contributed by atoms with Gasteiger partial charge in [-0.3, -0.25) is 0 Å². The van der Waals surface area contributed by atoms with Crippen LogP contribution in [0.5, 0.6) is 0 Å². The third-order valence-electron chi connectivity index (χ3n) is 4.18. The second-order valence-corrected chi connectivity index (χ2v) is 5.84. The fraction of sp³-hybridized carbons (Fsp3) is 1.00. The van der Waals surface area contributed by atoms with Crippen molar-refractivity contribution in [3.63, 3.8) is 0 Å². The largest absolute Gasteiger partial charge is 0.378 e. The van der Waals surface area contributed by atoms with Crippen molar-refractivity contribution in [2.75, 3.05) is 13.2 Å². The summed E-state index contributed by atoms with van der Waals surface area (Å²) in [6, 6.07) is 0.848. The van der Waals surface area contributed by atoms with Crippen molar-refractivity contribution in [2.24, 2.45) is 5.92 Å². The van der Waals surface area contributed by atoms with Crippen LogP contribution in [0.25, 0.3) is 0 Å². The highest BCUT2D eigenvalue weighted by Crippen LogP contribution is 2.26. The molecular weight excluding hydrogens is 210 g/mol. The molecule has 2 unspecified atom stereocenters. The van der Waals surface area contributed by atoms with E-state index in [4.69, 9.17) is 4.74 Å². The molecule has 2 rings (SSSR count). The molecule has 0 aromatic carbocycles. The summed E-state index contributed by atoms with van der Waals surface area (Å²) in [5.74, 6) is 0.793. The number of rotatable bonds is 9. The minimum atomic E-state index is 0.558. The van der Waals surface area contributed by atoms with Gasteiger partial charge in [-0.25, -0.2) is 0 Å². The van der Waals surface area contributed by atoms with Crippen molar-refractivity contribution < 1.29 is 4.74 Å². The van der Waals surface area contributed by atoms with E-state index in [1.165, 1.54) is 64.3 Å². The molecule has 2 fully saturated rings. The van der Waals surface area contributed by atoms with E-state index in [1.54, 1.807) is 0 Å². The maximum absolute atomic E-state index is 5.88. The summed E-state index contributed by atoms with van der Waals surface area (Å²) in [6.07, 6.45) is 12.8. The van der Waals surface area contributed by atoms with Crippen LogP contribution in [0.1, 0.15) is 64.7 Å². The minimum Gasteiger partial charge on any atom is -0.378 e. The smallest absolute Gasteiger partial charge is 0.0616 e. The van der Waals surface area contributed by atoms with E-state index in [2.05, 4.69) is 12.2 Å². The zero-order chi connectivity index (χ0) is 11.9. The van der Waals surface area contributed by atoms with Crippen molar-refractivity contribution in [3.8, 4) is 0 Å². The molecule has 1 aliphatic heterocycles. The Bertz CT molecular complexity index is 203. The van der Waals surface area contributed by atoms with Gasteiger partial charge >= 0.3 is 0 Å². The number of nitrogens with one attached hydrogen (secondary N) is 1. The van der Waals surface area contributed by atoms with Gasteiger partial charge in [0.1, 0.15) is 0 Å². The Kier molecular flexibility index (Phi) is 5.79. The number of unbranched alkanes of at least 4 members (excludes halogenated alkanes) is 4. The van der Waals surface area contributed by atoms with E-state index in [0.717, 1.165) is 18.6 Å². The van der Waals surface area contributed by atoms with Crippen LogP contribution in [0.4, 0.5) is 0 Å². The van der Waals surface area contributed by atoms with Crippen LogP contribution in [0, 0.1) is 5.92 Å². The van der Waals surface area contributed by atoms with Gasteiger partial charge in [0.15, 0.2) is 0 Å². The van der Waals surface area contributed by atoms with Gasteiger partial charge in [0.2, 0.25) is 0 Å². The Labute approximate surface area is 107 Å². The Morgan fingerprint density at radius 3 is 2.65 bits per heavy atom. The Morgan fingerprint density at radius 2 is 1.88 bits per heavy atom. The van der Waals surface area contributed by atoms with Crippen molar-refractivity contribution in [1.82, 2.24) is 5.32 Å². The predicted molar refractivity (Wildman–Crippen MR) is 72.2 cm³/mol. The summed E-state index contributed by atoms with van der Waals surface area (Å²) in [4.78, 5) is 0. The first-order valence-electron chi connectivity index (χ1n) is 7.75. The molecule has 2 nitrogen and oxygen atoms in total. The Morgan fingerprint density at radius 1 is 1.06 bits per heavy atom. The second-order valence-electron chi connectivity index (χ2n) is 5.84. The van der Waals surface area contributed by atoms with Crippen molar-refractivity contribution in [2.45, 2.75) is 76.9 Å². The highest BCUT2D eigenvalue weighted by atomic mass is 16.5. The van der Waals surface area contributed by atoms with E-state index in [9.17, 15) is 0 Å². The molecule has 2 aliphatic rings. The standard InChI is InChI=1S/C15H29NO/c1-2-3-4-5-6-7-15-13(10-11-17-15)12-16-14-8-9-14/h13-16H,2-12H2,1H3. The third kappa shape index (κ3) is 4.97. The molecule has 1 heterocycles. The van der Waals surface area contributed by atoms with Crippen molar-refractivity contribution in [3.05, 3.63) is 0 Å². The first kappa shape index (κ1) is 13.4. The highest BCUT2D eigenvalue weighted by molar-refractivity contribution is 4.85. The summed E-state index contributed by atoms with van der Waals surface area (Å²) >= 11 is 0. The van der Waals surface area contributed by atoms with Gasteiger partial charge in [-0.1, -0.05) is 39.0 Å². The van der Waals surface area contributed by atoms with E-state index in [1.807, 2.05) is 0 Å². The number of hydrogen-bond donors (Lipinski definition) is 1. The summed E-state index contributed by atoms with van der Waals surface area (Å²) in [5.41, 5.74) is 0. The topological polar surface area (TPSA) is 21.3 Å². The van der Waals surface area contributed by atoms with Crippen molar-refractivity contribution >= 4 is 0 Å². The fourth-order valence-corrected chi connectivity index (χ4v) is 2.80. The van der Waals surface area contributed by atoms with Gasteiger partial charge < -0.3 is 10.1 Å². The summed E-state index contributed by atoms with van der Waals surface area (Å²) in [7, 11) is 0. The lowest BCUT2D eigenvalue weighted by Crippen LogP contribution is -2.29. The zero-order valence-corrected chi connectivity index (χ0v) is 11.4. The lowest BCUT2D eigenvalue weighted by molar-refractivity contribution is 0.0808. The van der Waals surface area contributed by atoms with Crippen LogP contribution >= 0.6 is 0 Å². The molecule has 0 radical (unpaired) electrons. The molecular formula is C15H29NO. The van der Waals surface area contributed by atoms with Gasteiger partial charge in [0.05, 0.1) is 6.10 Å². The highest BCUT2D eigenvalue weighted by Gasteiger charge is 2.29. The van der Waals surface area contributed by atoms with Gasteiger partial charge in [-0.2, -0.15) is 0 Å². The van der Waals surface area contributed by atoms with E-state index in [-0.39, 0.29) is 0 Å². The summed E-state index contributed by atoms with van der Waals surface area (Å²) in [5, 5.41) is 3.66. The first-order chi connectivity index (χ1) is 8.40. The summed E-state index contributed by atoms with van der Waals surface area (Å²) < 4.78 is 5.88. The summed E-state index contributed by atoms with van der Waals surface area (Å²) in [6.45, 7) is 4.47. The maximum Gasteiger partial charge on any atom is 0.0616 e. The average Bonchev–Trinajstić information content (AvgIpc) is 3.06. The molecule has 17 heavy (non-hydrogen) atoms. The monoisotopic (exact) mass is 239 g/mol. The Hall–Kier alpha value is -0.0800. The van der Waals surface area contributed by atoms with E-state index in [0.29, 0.717) is 6.10 Å². The van der Waals surface area contributed by atoms with Crippen LogP contribution in [-0.4, -0.2) is 25.3 Å². The van der Waals surface area contributed by atoms with Crippen molar-refractivity contribution in [1.29, 1.82) is 0 Å². The van der Waals surface area contributed by atoms with E-state index < -0.39 is 0 Å². The lowest BCUT2D eigenvalue weighted by atomic mass is 9.96. The minimum absolute atomic E-state index is 0.558. The van der Waals surface area contributed by atoms with Gasteiger partial charge in [-0.15, -0.1) is 0 Å². The number of ether oxygens (including phenoxy) is 1. The molecule has 0 bridgehead atoms. The SMILES string of the molecule is CCCCCCCC1OCCC1CNC1CC1. The molecule has 0 amide bonds. The van der Waals surface area contributed by atoms with Gasteiger partial charge in [0, 0.05) is 19.2 Å². The quantitative estimate of drug-likeness (QED) is 0.622. The average molecular weight is 239 g/mol. The zero-order valence-electron chi connectivity index (χ0n) is 11.4. The number of hydrogen-bond acceptors (Lipinski definition) is 2. The molecule has 0 aromatic heterocycles. The third-order valence-corrected chi connectivity index (χ3v) is 4.18. The second kappa shape index (κ2) is 7.38. The predicted octanol–water partition coefficient (Wildman–Crippen LogP) is 3.50. The van der Waals surface area contributed by atoms with Crippen LogP contribution in [0.15, 0.2) is 0 Å². The molecule has 100 valence electrons. The molecule has 0 spiro atoms. The van der Waals surface area contributed by atoms with E-state index >= 15 is 0 Å². The van der Waals surface area contributed by atoms with Crippen LogP contribution in [0.3, 0.4) is 0 Å². The fourth-order valence-electron chi connectivity index (χ4n) is 2.80. The van der Waals surface area contributed by atoms with Crippen LogP contribution in [0.2, 0.25) is 0 Å². The molecule has 1 saturated heterocycles. The lowest BCUT2D eigenvalue weighted by Gasteiger charge is -2.18. The first-order valence-corrected chi connectivity index (χ1v) is 7.75. The molecule has 2 atom stereocenters. The molecule has 0 aromatic rings. The molecule has 2 heteroatoms. The van der Waals surface area contributed by atoms with Gasteiger partial charge in [0.25, 0.3) is 0 Å². The Balaban J connectivity index is 1.54. The molecule has 1 aliphatic carbocycles.